The molecule has 2 aromatic heterocycles. The highest BCUT2D eigenvalue weighted by atomic mass is 127. The van der Waals surface area contributed by atoms with E-state index < -0.39 is 11.8 Å². The molecule has 0 aliphatic heterocycles. The first kappa shape index (κ1) is 25.5. The molecule has 0 radical (unpaired) electrons. The van der Waals surface area contributed by atoms with Gasteiger partial charge in [0.15, 0.2) is 5.66 Å². The van der Waals surface area contributed by atoms with Gasteiger partial charge in [0, 0.05) is 58.9 Å². The Morgan fingerprint density at radius 3 is 2.13 bits per heavy atom. The lowest BCUT2D eigenvalue weighted by Crippen LogP contribution is -2.68. The monoisotopic (exact) mass is 675 g/mol. The molecule has 1 unspecified atom stereocenters. The van der Waals surface area contributed by atoms with Crippen LogP contribution in [0.1, 0.15) is 29.5 Å². The Morgan fingerprint density at radius 1 is 1.17 bits per heavy atom. The molecule has 11 heteroatoms. The van der Waals surface area contributed by atoms with E-state index in [4.69, 9.17) is 0 Å². The lowest BCUT2D eigenvalue weighted by molar-refractivity contribution is -0.123. The fraction of sp³-hybridized carbons (Fsp3) is 0.421. The second-order valence-electron chi connectivity index (χ2n) is 6.58. The maximum Gasteiger partial charge on any atom is 0.406 e. The predicted molar refractivity (Wildman–Crippen MR) is 137 cm³/mol. The summed E-state index contributed by atoms with van der Waals surface area (Å²) in [5, 5.41) is 18.9. The number of hydrogen-bond donors (Lipinski definition) is 3. The molecule has 2 rings (SSSR count). The van der Waals surface area contributed by atoms with Crippen molar-refractivity contribution in [2.24, 2.45) is 0 Å². The molecule has 0 spiro atoms. The van der Waals surface area contributed by atoms with Crippen molar-refractivity contribution >= 4 is 83.6 Å². The standard InChI is InChI=1S/C19H23I2N3O4S2/c1-13(25)22-8-2-7-16(20)19(17(21)26,23-18(27)28)24(11-14-5-3-9-29-14)12-15-6-4-10-30-15/h3-6,9-10,16,23H,2,7-8,11-12H2,1H3,(H,22,25)(H,27,28)/t16?,19-/m0/s1. The van der Waals surface area contributed by atoms with Crippen LogP contribution in [0.2, 0.25) is 0 Å². The Kier molecular flexibility index (Phi) is 10.5. The van der Waals surface area contributed by atoms with Gasteiger partial charge in [0.25, 0.3) is 0 Å². The zero-order valence-corrected chi connectivity index (χ0v) is 22.2. The number of halogens is 2. The number of thiophene rings is 2. The molecular formula is C19H23I2N3O4S2. The minimum atomic E-state index is -1.41. The number of nitrogens with one attached hydrogen (secondary N) is 2. The van der Waals surface area contributed by atoms with Gasteiger partial charge in [0.1, 0.15) is 0 Å². The van der Waals surface area contributed by atoms with Crippen molar-refractivity contribution in [3.8, 4) is 0 Å². The molecule has 7 nitrogen and oxygen atoms in total. The molecule has 0 saturated carbocycles. The van der Waals surface area contributed by atoms with E-state index in [2.05, 4.69) is 33.2 Å². The molecule has 2 amide bonds. The largest absolute Gasteiger partial charge is 0.465 e. The molecule has 0 aromatic carbocycles. The summed E-state index contributed by atoms with van der Waals surface area (Å²) in [7, 11) is 0. The number of rotatable bonds is 12. The van der Waals surface area contributed by atoms with Crippen LogP contribution in [0.15, 0.2) is 35.0 Å². The van der Waals surface area contributed by atoms with Crippen LogP contribution in [0.25, 0.3) is 0 Å². The van der Waals surface area contributed by atoms with Crippen molar-refractivity contribution in [1.29, 1.82) is 0 Å². The number of amides is 2. The van der Waals surface area contributed by atoms with Crippen molar-refractivity contribution in [2.75, 3.05) is 6.54 Å². The van der Waals surface area contributed by atoms with Gasteiger partial charge in [-0.15, -0.1) is 22.7 Å². The van der Waals surface area contributed by atoms with E-state index in [1.54, 1.807) is 45.3 Å². The minimum absolute atomic E-state index is 0.114. The van der Waals surface area contributed by atoms with E-state index in [0.29, 0.717) is 32.5 Å². The van der Waals surface area contributed by atoms with E-state index in [-0.39, 0.29) is 13.6 Å². The van der Waals surface area contributed by atoms with Crippen LogP contribution in [-0.2, 0) is 22.7 Å². The van der Waals surface area contributed by atoms with Crippen LogP contribution < -0.4 is 10.6 Å². The topological polar surface area (TPSA) is 98.7 Å². The van der Waals surface area contributed by atoms with E-state index in [1.807, 2.05) is 39.9 Å². The van der Waals surface area contributed by atoms with Gasteiger partial charge < -0.3 is 10.4 Å². The molecule has 0 bridgehead atoms. The number of carboxylic acid groups (broad SMARTS) is 1. The van der Waals surface area contributed by atoms with E-state index in [1.165, 1.54) is 6.92 Å². The third-order valence-corrected chi connectivity index (χ3v) is 8.48. The van der Waals surface area contributed by atoms with Crippen LogP contribution in [0.4, 0.5) is 4.79 Å². The maximum absolute atomic E-state index is 13.0. The Bertz CT molecular complexity index is 797. The summed E-state index contributed by atoms with van der Waals surface area (Å²) in [5.41, 5.74) is -1.41. The fourth-order valence-electron chi connectivity index (χ4n) is 3.06. The Balaban J connectivity index is 2.38. The first-order chi connectivity index (χ1) is 14.3. The normalized spacial score (nSPS) is 14.1. The molecule has 164 valence electrons. The number of carbonyl (C=O) groups excluding carboxylic acids is 2. The highest BCUT2D eigenvalue weighted by Crippen LogP contribution is 2.34. The quantitative estimate of drug-likeness (QED) is 0.102. The summed E-state index contributed by atoms with van der Waals surface area (Å²) in [6, 6.07) is 7.84. The van der Waals surface area contributed by atoms with Crippen LogP contribution in [0, 0.1) is 0 Å². The Morgan fingerprint density at radius 2 is 1.73 bits per heavy atom. The summed E-state index contributed by atoms with van der Waals surface area (Å²) < 4.78 is -0.626. The van der Waals surface area contributed by atoms with E-state index in [9.17, 15) is 19.5 Å². The molecular weight excluding hydrogens is 652 g/mol. The van der Waals surface area contributed by atoms with E-state index >= 15 is 0 Å². The number of alkyl halides is 1. The van der Waals surface area contributed by atoms with Crippen LogP contribution in [-0.4, -0.2) is 41.9 Å². The molecule has 0 saturated heterocycles. The minimum Gasteiger partial charge on any atom is -0.465 e. The molecule has 2 heterocycles. The highest BCUT2D eigenvalue weighted by Gasteiger charge is 2.49. The van der Waals surface area contributed by atoms with Crippen molar-refractivity contribution in [1.82, 2.24) is 15.5 Å². The van der Waals surface area contributed by atoms with Crippen molar-refractivity contribution in [3.05, 3.63) is 44.8 Å². The predicted octanol–water partition coefficient (Wildman–Crippen LogP) is 4.46. The first-order valence-corrected chi connectivity index (χ1v) is 13.2. The summed E-state index contributed by atoms with van der Waals surface area (Å²) in [4.78, 5) is 40.0. The Hall–Kier alpha value is -0.770. The zero-order chi connectivity index (χ0) is 22.1. The first-order valence-electron chi connectivity index (χ1n) is 9.15. The van der Waals surface area contributed by atoms with Crippen LogP contribution in [0.5, 0.6) is 0 Å². The van der Waals surface area contributed by atoms with Crippen LogP contribution in [0.3, 0.4) is 0 Å². The van der Waals surface area contributed by atoms with Gasteiger partial charge in [-0.3, -0.25) is 19.8 Å². The lowest BCUT2D eigenvalue weighted by Gasteiger charge is -2.44. The third kappa shape index (κ3) is 7.14. The summed E-state index contributed by atoms with van der Waals surface area (Å²) in [6.45, 7) is 2.81. The number of hydrogen-bond acceptors (Lipinski definition) is 6. The van der Waals surface area contributed by atoms with Crippen molar-refractivity contribution in [2.45, 2.75) is 42.4 Å². The third-order valence-electron chi connectivity index (χ3n) is 4.41. The molecule has 3 N–H and O–H groups in total. The van der Waals surface area contributed by atoms with Crippen molar-refractivity contribution < 1.29 is 19.5 Å². The molecule has 2 aromatic rings. The van der Waals surface area contributed by atoms with Crippen LogP contribution >= 0.6 is 67.9 Å². The highest BCUT2D eigenvalue weighted by molar-refractivity contribution is 14.1. The SMILES string of the molecule is CC(=O)NCCCC(I)[C@@](NC(=O)O)(C(=O)I)N(Cc1cccs1)Cc1cccs1. The summed E-state index contributed by atoms with van der Waals surface area (Å²) in [5.74, 6) is -0.114. The van der Waals surface area contributed by atoms with Gasteiger partial charge >= 0.3 is 6.09 Å². The Labute approximate surface area is 210 Å². The molecule has 2 atom stereocenters. The molecule has 0 aliphatic rings. The van der Waals surface area contributed by atoms with Gasteiger partial charge in [0.05, 0.1) is 3.92 Å². The lowest BCUT2D eigenvalue weighted by atomic mass is 10.0. The average molecular weight is 675 g/mol. The molecule has 0 fully saturated rings. The second-order valence-corrected chi connectivity index (χ2v) is 11.1. The summed E-state index contributed by atoms with van der Waals surface area (Å²) >= 11 is 7.00. The van der Waals surface area contributed by atoms with Crippen molar-refractivity contribution in [3.63, 3.8) is 0 Å². The van der Waals surface area contributed by atoms with Gasteiger partial charge in [-0.2, -0.15) is 0 Å². The van der Waals surface area contributed by atoms with Gasteiger partial charge in [-0.1, -0.05) is 34.7 Å². The number of nitrogens with zero attached hydrogens (tertiary/aromatic N) is 1. The fourth-order valence-corrected chi connectivity index (χ4v) is 7.22. The second kappa shape index (κ2) is 12.3. The zero-order valence-electron chi connectivity index (χ0n) is 16.3. The number of carbonyl (C=O) groups is 3. The van der Waals surface area contributed by atoms with Gasteiger partial charge in [-0.25, -0.2) is 4.79 Å². The maximum atomic E-state index is 13.0. The summed E-state index contributed by atoms with van der Waals surface area (Å²) in [6.07, 6.45) is -0.0568. The van der Waals surface area contributed by atoms with Gasteiger partial charge in [0.2, 0.25) is 9.70 Å². The smallest absolute Gasteiger partial charge is 0.406 e. The van der Waals surface area contributed by atoms with Gasteiger partial charge in [-0.05, 0) is 35.7 Å². The van der Waals surface area contributed by atoms with E-state index in [0.717, 1.165) is 9.75 Å². The molecule has 0 aliphatic carbocycles. The molecule has 30 heavy (non-hydrogen) atoms. The average Bonchev–Trinajstić information content (AvgIpc) is 3.36.